The SMILES string of the molecule is CCc1cc(Br)ccc1C=C(CNC(=O)OCc1ccccc1)B1OC(C)(C)C(C)(C)O1. The van der Waals surface area contributed by atoms with Crippen LogP contribution in [-0.2, 0) is 27.1 Å². The molecule has 7 heteroatoms. The molecular weight excluding hydrogens is 469 g/mol. The fourth-order valence-corrected chi connectivity index (χ4v) is 3.77. The molecule has 2 aromatic carbocycles. The van der Waals surface area contributed by atoms with Crippen LogP contribution in [0.15, 0.2) is 58.5 Å². The summed E-state index contributed by atoms with van der Waals surface area (Å²) in [5.41, 5.74) is 3.08. The van der Waals surface area contributed by atoms with Crippen molar-refractivity contribution in [1.29, 1.82) is 0 Å². The second kappa shape index (κ2) is 10.2. The van der Waals surface area contributed by atoms with Crippen LogP contribution in [0.3, 0.4) is 0 Å². The zero-order chi connectivity index (χ0) is 23.4. The van der Waals surface area contributed by atoms with Crippen molar-refractivity contribution in [3.8, 4) is 0 Å². The van der Waals surface area contributed by atoms with Gasteiger partial charge in [0.15, 0.2) is 0 Å². The third kappa shape index (κ3) is 6.03. The number of ether oxygens (including phenoxy) is 1. The molecule has 0 bridgehead atoms. The van der Waals surface area contributed by atoms with Gasteiger partial charge in [0.1, 0.15) is 6.61 Å². The first-order chi connectivity index (χ1) is 15.1. The maximum Gasteiger partial charge on any atom is 0.492 e. The molecule has 1 N–H and O–H groups in total. The molecule has 1 amide bonds. The first-order valence-electron chi connectivity index (χ1n) is 10.9. The highest BCUT2D eigenvalue weighted by Crippen LogP contribution is 2.39. The van der Waals surface area contributed by atoms with Crippen LogP contribution >= 0.6 is 15.9 Å². The van der Waals surface area contributed by atoms with Gasteiger partial charge in [0.25, 0.3) is 0 Å². The minimum absolute atomic E-state index is 0.217. The molecule has 32 heavy (non-hydrogen) atoms. The average molecular weight is 500 g/mol. The van der Waals surface area contributed by atoms with E-state index in [2.05, 4.69) is 40.3 Å². The first-order valence-corrected chi connectivity index (χ1v) is 11.7. The molecule has 170 valence electrons. The van der Waals surface area contributed by atoms with Crippen LogP contribution in [0.5, 0.6) is 0 Å². The van der Waals surface area contributed by atoms with Gasteiger partial charge in [0.05, 0.1) is 11.2 Å². The van der Waals surface area contributed by atoms with Crippen molar-refractivity contribution in [3.63, 3.8) is 0 Å². The van der Waals surface area contributed by atoms with Crippen LogP contribution in [0.2, 0.25) is 0 Å². The van der Waals surface area contributed by atoms with Gasteiger partial charge < -0.3 is 19.4 Å². The zero-order valence-corrected chi connectivity index (χ0v) is 21.0. The summed E-state index contributed by atoms with van der Waals surface area (Å²) in [6.07, 6.45) is 2.45. The van der Waals surface area contributed by atoms with Crippen LogP contribution < -0.4 is 5.32 Å². The second-order valence-corrected chi connectivity index (χ2v) is 9.84. The average Bonchev–Trinajstić information content (AvgIpc) is 2.97. The molecule has 1 aliphatic heterocycles. The standard InChI is InChI=1S/C25H31BBrNO4/c1-6-19-15-22(27)13-12-20(19)14-21(26-31-24(2,3)25(4,5)32-26)16-28-23(29)30-17-18-10-8-7-9-11-18/h7-15H,6,16-17H2,1-5H3,(H,28,29). The molecule has 0 aliphatic carbocycles. The van der Waals surface area contributed by atoms with E-state index >= 15 is 0 Å². The maximum absolute atomic E-state index is 12.4. The maximum atomic E-state index is 12.4. The second-order valence-electron chi connectivity index (χ2n) is 8.92. The van der Waals surface area contributed by atoms with Crippen LogP contribution in [0.1, 0.15) is 51.3 Å². The summed E-state index contributed by atoms with van der Waals surface area (Å²) >= 11 is 3.54. The summed E-state index contributed by atoms with van der Waals surface area (Å²) in [5.74, 6) is 0. The van der Waals surface area contributed by atoms with Crippen molar-refractivity contribution in [2.45, 2.75) is 58.8 Å². The molecule has 2 aromatic rings. The quantitative estimate of drug-likeness (QED) is 0.478. The van der Waals surface area contributed by atoms with E-state index in [1.54, 1.807) is 0 Å². The molecule has 1 saturated heterocycles. The number of amides is 1. The van der Waals surface area contributed by atoms with Gasteiger partial charge in [-0.05, 0) is 68.4 Å². The van der Waals surface area contributed by atoms with Crippen LogP contribution in [0.4, 0.5) is 4.79 Å². The Morgan fingerprint density at radius 2 is 1.75 bits per heavy atom. The third-order valence-corrected chi connectivity index (χ3v) is 6.53. The van der Waals surface area contributed by atoms with Gasteiger partial charge in [0, 0.05) is 11.0 Å². The Kier molecular flexibility index (Phi) is 7.86. The van der Waals surface area contributed by atoms with Gasteiger partial charge in [-0.2, -0.15) is 0 Å². The highest BCUT2D eigenvalue weighted by molar-refractivity contribution is 9.10. The lowest BCUT2D eigenvalue weighted by Crippen LogP contribution is -2.41. The number of benzene rings is 2. The highest BCUT2D eigenvalue weighted by atomic mass is 79.9. The van der Waals surface area contributed by atoms with E-state index in [-0.39, 0.29) is 13.2 Å². The van der Waals surface area contributed by atoms with Gasteiger partial charge in [-0.15, -0.1) is 0 Å². The number of carbonyl (C=O) groups excluding carboxylic acids is 1. The van der Waals surface area contributed by atoms with Crippen molar-refractivity contribution in [2.75, 3.05) is 6.54 Å². The fourth-order valence-electron chi connectivity index (χ4n) is 3.37. The Morgan fingerprint density at radius 1 is 1.09 bits per heavy atom. The molecule has 0 spiro atoms. The molecule has 0 atom stereocenters. The van der Waals surface area contributed by atoms with Crippen molar-refractivity contribution < 1.29 is 18.8 Å². The number of carbonyl (C=O) groups is 1. The van der Waals surface area contributed by atoms with Crippen molar-refractivity contribution in [3.05, 3.63) is 75.2 Å². The number of hydrogen-bond donors (Lipinski definition) is 1. The summed E-state index contributed by atoms with van der Waals surface area (Å²) < 4.78 is 18.9. The minimum Gasteiger partial charge on any atom is -0.445 e. The Balaban J connectivity index is 1.78. The Labute approximate surface area is 199 Å². The molecule has 5 nitrogen and oxygen atoms in total. The number of alkyl carbamates (subject to hydrolysis) is 1. The molecule has 1 fully saturated rings. The van der Waals surface area contributed by atoms with E-state index in [0.717, 1.165) is 27.5 Å². The van der Waals surface area contributed by atoms with Crippen molar-refractivity contribution in [2.24, 2.45) is 0 Å². The predicted molar refractivity (Wildman–Crippen MR) is 132 cm³/mol. The van der Waals surface area contributed by atoms with Gasteiger partial charge in [0.2, 0.25) is 0 Å². The molecule has 0 aromatic heterocycles. The lowest BCUT2D eigenvalue weighted by atomic mass is 9.76. The molecule has 1 heterocycles. The monoisotopic (exact) mass is 499 g/mol. The predicted octanol–water partition coefficient (Wildman–Crippen LogP) is 5.95. The molecule has 0 saturated carbocycles. The summed E-state index contributed by atoms with van der Waals surface area (Å²) in [4.78, 5) is 12.4. The lowest BCUT2D eigenvalue weighted by molar-refractivity contribution is 0.00578. The van der Waals surface area contributed by atoms with E-state index in [4.69, 9.17) is 14.0 Å². The Morgan fingerprint density at radius 3 is 2.38 bits per heavy atom. The molecule has 0 radical (unpaired) electrons. The van der Waals surface area contributed by atoms with E-state index in [9.17, 15) is 4.79 Å². The van der Waals surface area contributed by atoms with Crippen LogP contribution in [0, 0.1) is 0 Å². The van der Waals surface area contributed by atoms with Crippen LogP contribution in [0.25, 0.3) is 6.08 Å². The Hall–Kier alpha value is -2.09. The molecule has 0 unspecified atom stereocenters. The van der Waals surface area contributed by atoms with E-state index in [1.165, 1.54) is 5.56 Å². The smallest absolute Gasteiger partial charge is 0.445 e. The van der Waals surface area contributed by atoms with E-state index in [0.29, 0.717) is 0 Å². The normalized spacial score (nSPS) is 17.3. The number of halogens is 1. The van der Waals surface area contributed by atoms with Gasteiger partial charge in [-0.25, -0.2) is 4.79 Å². The number of rotatable bonds is 7. The molecule has 1 aliphatic rings. The van der Waals surface area contributed by atoms with Gasteiger partial charge >= 0.3 is 13.2 Å². The third-order valence-electron chi connectivity index (χ3n) is 6.03. The van der Waals surface area contributed by atoms with Gasteiger partial charge in [-0.1, -0.05) is 65.3 Å². The first kappa shape index (κ1) is 24.6. The molecular formula is C25H31BBrNO4. The zero-order valence-electron chi connectivity index (χ0n) is 19.4. The van der Waals surface area contributed by atoms with Gasteiger partial charge in [-0.3, -0.25) is 0 Å². The van der Waals surface area contributed by atoms with E-state index < -0.39 is 24.4 Å². The van der Waals surface area contributed by atoms with E-state index in [1.807, 2.05) is 70.2 Å². The Bertz CT molecular complexity index is 959. The lowest BCUT2D eigenvalue weighted by Gasteiger charge is -2.32. The topological polar surface area (TPSA) is 56.8 Å². The number of hydrogen-bond acceptors (Lipinski definition) is 4. The summed E-state index contributed by atoms with van der Waals surface area (Å²) in [7, 11) is -0.567. The summed E-state index contributed by atoms with van der Waals surface area (Å²) in [5, 5.41) is 2.86. The summed E-state index contributed by atoms with van der Waals surface area (Å²) in [6.45, 7) is 10.7. The minimum atomic E-state index is -0.567. The highest BCUT2D eigenvalue weighted by Gasteiger charge is 2.52. The largest absolute Gasteiger partial charge is 0.492 e. The van der Waals surface area contributed by atoms with Crippen molar-refractivity contribution in [1.82, 2.24) is 5.32 Å². The van der Waals surface area contributed by atoms with Crippen molar-refractivity contribution >= 4 is 35.2 Å². The number of nitrogens with one attached hydrogen (secondary N) is 1. The number of aryl methyl sites for hydroxylation is 1. The fraction of sp³-hybridized carbons (Fsp3) is 0.400. The summed E-state index contributed by atoms with van der Waals surface area (Å²) in [6, 6.07) is 15.8. The van der Waals surface area contributed by atoms with Crippen LogP contribution in [-0.4, -0.2) is 31.0 Å². The molecule has 3 rings (SSSR count).